The summed E-state index contributed by atoms with van der Waals surface area (Å²) in [5, 5.41) is 11.0. The predicted molar refractivity (Wildman–Crippen MR) is 67.7 cm³/mol. The molecule has 92 valence electrons. The number of benzene rings is 1. The van der Waals surface area contributed by atoms with E-state index in [-0.39, 0.29) is 5.91 Å². The molecule has 0 saturated heterocycles. The van der Waals surface area contributed by atoms with Gasteiger partial charge in [0.25, 0.3) is 0 Å². The first-order valence-electron chi connectivity index (χ1n) is 5.55. The second-order valence-electron chi connectivity index (χ2n) is 3.49. The van der Waals surface area contributed by atoms with Gasteiger partial charge >= 0.3 is 0 Å². The molecular weight excluding hydrogens is 228 g/mol. The molecule has 0 aliphatic carbocycles. The third-order valence-corrected chi connectivity index (χ3v) is 2.00. The van der Waals surface area contributed by atoms with Crippen LogP contribution in [0.25, 0.3) is 0 Å². The zero-order chi connectivity index (χ0) is 13.2. The Bertz CT molecular complexity index is 489. The van der Waals surface area contributed by atoms with Crippen molar-refractivity contribution in [3.8, 4) is 23.7 Å². The molecule has 0 aliphatic heterocycles. The lowest BCUT2D eigenvalue weighted by Gasteiger charge is -2.02. The van der Waals surface area contributed by atoms with E-state index >= 15 is 0 Å². The molecule has 18 heavy (non-hydrogen) atoms. The number of nitriles is 1. The summed E-state index contributed by atoms with van der Waals surface area (Å²) in [7, 11) is 0. The smallest absolute Gasteiger partial charge is 0.217 e. The maximum absolute atomic E-state index is 10.6. The van der Waals surface area contributed by atoms with Crippen molar-refractivity contribution in [2.24, 2.45) is 0 Å². The standard InChI is InChI=1S/C14H14N2O2/c1-12(17)16-10-2-4-13-5-7-14(8-6-13)18-11-3-9-15/h5-8H,3,10-11H2,1H3,(H,16,17). The number of nitrogens with zero attached hydrogens (tertiary/aromatic N) is 1. The first kappa shape index (κ1) is 13.6. The zero-order valence-corrected chi connectivity index (χ0v) is 10.2. The molecule has 0 radical (unpaired) electrons. The van der Waals surface area contributed by atoms with E-state index in [4.69, 9.17) is 10.00 Å². The molecule has 1 N–H and O–H groups in total. The van der Waals surface area contributed by atoms with Crippen LogP contribution in [-0.2, 0) is 4.79 Å². The Morgan fingerprint density at radius 3 is 2.72 bits per heavy atom. The van der Waals surface area contributed by atoms with Gasteiger partial charge < -0.3 is 10.1 Å². The molecule has 1 rings (SSSR count). The molecule has 0 bridgehead atoms. The highest BCUT2D eigenvalue weighted by atomic mass is 16.5. The Morgan fingerprint density at radius 1 is 1.39 bits per heavy atom. The van der Waals surface area contributed by atoms with Gasteiger partial charge in [-0.1, -0.05) is 11.8 Å². The van der Waals surface area contributed by atoms with Crippen LogP contribution in [0.4, 0.5) is 0 Å². The van der Waals surface area contributed by atoms with Gasteiger partial charge in [-0.2, -0.15) is 5.26 Å². The molecule has 0 unspecified atom stereocenters. The van der Waals surface area contributed by atoms with Crippen LogP contribution in [0.5, 0.6) is 5.75 Å². The first-order chi connectivity index (χ1) is 8.72. The van der Waals surface area contributed by atoms with Crippen LogP contribution in [0.3, 0.4) is 0 Å². The van der Waals surface area contributed by atoms with Crippen LogP contribution < -0.4 is 10.1 Å². The van der Waals surface area contributed by atoms with Crippen molar-refractivity contribution < 1.29 is 9.53 Å². The van der Waals surface area contributed by atoms with E-state index in [1.807, 2.05) is 18.2 Å². The van der Waals surface area contributed by atoms with Crippen LogP contribution in [0, 0.1) is 23.2 Å². The van der Waals surface area contributed by atoms with Crippen molar-refractivity contribution in [3.05, 3.63) is 29.8 Å². The summed E-state index contributed by atoms with van der Waals surface area (Å²) in [6.07, 6.45) is 0.373. The third kappa shape index (κ3) is 5.58. The fourth-order valence-electron chi connectivity index (χ4n) is 1.16. The van der Waals surface area contributed by atoms with E-state index in [1.165, 1.54) is 6.92 Å². The van der Waals surface area contributed by atoms with Gasteiger partial charge in [-0.3, -0.25) is 4.79 Å². The van der Waals surface area contributed by atoms with Crippen LogP contribution in [-0.4, -0.2) is 19.1 Å². The van der Waals surface area contributed by atoms with E-state index in [0.717, 1.165) is 11.3 Å². The molecule has 1 aromatic rings. The molecule has 0 fully saturated rings. The van der Waals surface area contributed by atoms with Crippen molar-refractivity contribution in [3.63, 3.8) is 0 Å². The van der Waals surface area contributed by atoms with Crippen molar-refractivity contribution >= 4 is 5.91 Å². The maximum atomic E-state index is 10.6. The number of hydrogen-bond acceptors (Lipinski definition) is 3. The fraction of sp³-hybridized carbons (Fsp3) is 0.286. The van der Waals surface area contributed by atoms with E-state index in [1.54, 1.807) is 12.1 Å². The lowest BCUT2D eigenvalue weighted by molar-refractivity contribution is -0.118. The van der Waals surface area contributed by atoms with Crippen molar-refractivity contribution in [1.29, 1.82) is 5.26 Å². The van der Waals surface area contributed by atoms with Gasteiger partial charge in [0.05, 0.1) is 19.0 Å². The second-order valence-corrected chi connectivity index (χ2v) is 3.49. The quantitative estimate of drug-likeness (QED) is 0.642. The van der Waals surface area contributed by atoms with E-state index in [0.29, 0.717) is 19.6 Å². The number of ether oxygens (including phenoxy) is 1. The SMILES string of the molecule is CC(=O)NCC#Cc1ccc(OCCC#N)cc1. The number of nitrogens with one attached hydrogen (secondary N) is 1. The van der Waals surface area contributed by atoms with E-state index in [2.05, 4.69) is 17.2 Å². The highest BCUT2D eigenvalue weighted by Crippen LogP contribution is 2.11. The molecule has 0 aromatic heterocycles. The lowest BCUT2D eigenvalue weighted by Crippen LogP contribution is -2.19. The van der Waals surface area contributed by atoms with Gasteiger partial charge in [-0.15, -0.1) is 0 Å². The molecule has 1 aromatic carbocycles. The Labute approximate surface area is 107 Å². The Morgan fingerprint density at radius 2 is 2.11 bits per heavy atom. The summed E-state index contributed by atoms with van der Waals surface area (Å²) in [6.45, 7) is 2.19. The molecule has 4 nitrogen and oxygen atoms in total. The molecular formula is C14H14N2O2. The van der Waals surface area contributed by atoms with Crippen LogP contribution in [0.2, 0.25) is 0 Å². The Balaban J connectivity index is 2.45. The molecule has 0 spiro atoms. The van der Waals surface area contributed by atoms with Gasteiger partial charge in [-0.25, -0.2) is 0 Å². The molecule has 4 heteroatoms. The summed E-state index contributed by atoms with van der Waals surface area (Å²) in [6, 6.07) is 9.29. The Kier molecular flexibility index (Phi) is 5.86. The normalized spacial score (nSPS) is 8.67. The molecule has 0 atom stereocenters. The Hall–Kier alpha value is -2.46. The van der Waals surface area contributed by atoms with Crippen LogP contribution >= 0.6 is 0 Å². The van der Waals surface area contributed by atoms with E-state index in [9.17, 15) is 4.79 Å². The van der Waals surface area contributed by atoms with Gasteiger partial charge in [0.1, 0.15) is 12.4 Å². The lowest BCUT2D eigenvalue weighted by atomic mass is 10.2. The number of hydrogen-bond donors (Lipinski definition) is 1. The summed E-state index contributed by atoms with van der Waals surface area (Å²) in [5.41, 5.74) is 0.855. The molecule has 0 aliphatic rings. The highest BCUT2D eigenvalue weighted by molar-refractivity contribution is 5.73. The fourth-order valence-corrected chi connectivity index (χ4v) is 1.16. The largest absolute Gasteiger partial charge is 0.493 e. The summed E-state index contributed by atoms with van der Waals surface area (Å²) >= 11 is 0. The number of carbonyl (C=O) groups is 1. The minimum Gasteiger partial charge on any atom is -0.493 e. The summed E-state index contributed by atoms with van der Waals surface area (Å²) in [5.74, 6) is 6.39. The average molecular weight is 242 g/mol. The second kappa shape index (κ2) is 7.76. The van der Waals surface area contributed by atoms with Crippen LogP contribution in [0.1, 0.15) is 18.9 Å². The average Bonchev–Trinajstić information content (AvgIpc) is 2.36. The number of amides is 1. The number of carbonyl (C=O) groups excluding carboxylic acids is 1. The van der Waals surface area contributed by atoms with Crippen LogP contribution in [0.15, 0.2) is 24.3 Å². The van der Waals surface area contributed by atoms with Crippen molar-refractivity contribution in [2.45, 2.75) is 13.3 Å². The van der Waals surface area contributed by atoms with E-state index < -0.39 is 0 Å². The zero-order valence-electron chi connectivity index (χ0n) is 10.2. The minimum absolute atomic E-state index is 0.0921. The maximum Gasteiger partial charge on any atom is 0.217 e. The summed E-state index contributed by atoms with van der Waals surface area (Å²) < 4.78 is 5.33. The first-order valence-corrected chi connectivity index (χ1v) is 5.55. The minimum atomic E-state index is -0.0921. The highest BCUT2D eigenvalue weighted by Gasteiger charge is 1.93. The number of rotatable bonds is 4. The van der Waals surface area contributed by atoms with Gasteiger partial charge in [-0.05, 0) is 24.3 Å². The third-order valence-electron chi connectivity index (χ3n) is 2.00. The van der Waals surface area contributed by atoms with Gasteiger partial charge in [0, 0.05) is 12.5 Å². The molecule has 0 heterocycles. The summed E-state index contributed by atoms with van der Waals surface area (Å²) in [4.78, 5) is 10.6. The topological polar surface area (TPSA) is 62.1 Å². The van der Waals surface area contributed by atoms with Gasteiger partial charge in [0.15, 0.2) is 0 Å². The predicted octanol–water partition coefficient (Wildman–Crippen LogP) is 1.47. The van der Waals surface area contributed by atoms with Crippen molar-refractivity contribution in [1.82, 2.24) is 5.32 Å². The van der Waals surface area contributed by atoms with Gasteiger partial charge in [0.2, 0.25) is 5.91 Å². The van der Waals surface area contributed by atoms with Crippen molar-refractivity contribution in [2.75, 3.05) is 13.2 Å². The molecule has 0 saturated carbocycles. The molecule has 1 amide bonds. The monoisotopic (exact) mass is 242 g/mol.